The molecule has 186 valence electrons. The monoisotopic (exact) mass is 491 g/mol. The number of nitrogens with one attached hydrogen (secondary N) is 2. The summed E-state index contributed by atoms with van der Waals surface area (Å²) in [5.41, 5.74) is 6.33. The summed E-state index contributed by atoms with van der Waals surface area (Å²) in [7, 11) is 0. The molecule has 0 radical (unpaired) electrons. The van der Waals surface area contributed by atoms with Crippen LogP contribution in [0.2, 0.25) is 0 Å². The molecule has 0 aliphatic heterocycles. The number of urea groups is 1. The van der Waals surface area contributed by atoms with Gasteiger partial charge in [0.05, 0.1) is 6.54 Å². The second-order valence-electron chi connectivity index (χ2n) is 8.43. The van der Waals surface area contributed by atoms with Gasteiger partial charge in [-0.1, -0.05) is 67.2 Å². The number of hydrogen-bond donors (Lipinski definition) is 2. The Morgan fingerprint density at radius 2 is 1.22 bits per heavy atom. The Bertz CT molecular complexity index is 1300. The van der Waals surface area contributed by atoms with Gasteiger partial charge < -0.3 is 20.3 Å². The van der Waals surface area contributed by atoms with E-state index in [1.54, 1.807) is 6.92 Å². The number of anilines is 4. The van der Waals surface area contributed by atoms with E-state index in [9.17, 15) is 9.59 Å². The van der Waals surface area contributed by atoms with Crippen molar-refractivity contribution in [3.05, 3.63) is 121 Å². The Morgan fingerprint density at radius 1 is 0.730 bits per heavy atom. The number of esters is 1. The SMILES string of the molecule is C=C(C)C(=O)OCCNC(=O)Nc1ccc(-c2ccc(N(c3ccccc3)c3ccccc3)cc2)cc1. The highest BCUT2D eigenvalue weighted by Gasteiger charge is 2.12. The zero-order valence-corrected chi connectivity index (χ0v) is 20.7. The molecule has 0 unspecified atom stereocenters. The second kappa shape index (κ2) is 12.2. The van der Waals surface area contributed by atoms with Gasteiger partial charge in [0.1, 0.15) is 6.61 Å². The predicted octanol–water partition coefficient (Wildman–Crippen LogP) is 7.06. The number of rotatable bonds is 9. The van der Waals surface area contributed by atoms with Crippen molar-refractivity contribution in [2.24, 2.45) is 0 Å². The Kier molecular flexibility index (Phi) is 8.34. The molecule has 0 aliphatic rings. The second-order valence-corrected chi connectivity index (χ2v) is 8.43. The third kappa shape index (κ3) is 6.86. The molecule has 2 N–H and O–H groups in total. The Labute approximate surface area is 217 Å². The molecule has 0 fully saturated rings. The van der Waals surface area contributed by atoms with Gasteiger partial charge in [-0.3, -0.25) is 0 Å². The fraction of sp³-hybridized carbons (Fsp3) is 0.0968. The van der Waals surface area contributed by atoms with Gasteiger partial charge in [-0.25, -0.2) is 9.59 Å². The van der Waals surface area contributed by atoms with Gasteiger partial charge in [-0.2, -0.15) is 0 Å². The quantitative estimate of drug-likeness (QED) is 0.149. The lowest BCUT2D eigenvalue weighted by Crippen LogP contribution is -2.32. The van der Waals surface area contributed by atoms with Crippen molar-refractivity contribution in [3.63, 3.8) is 0 Å². The molecule has 0 heterocycles. The van der Waals surface area contributed by atoms with Gasteiger partial charge in [0.25, 0.3) is 0 Å². The molecule has 0 atom stereocenters. The third-order valence-electron chi connectivity index (χ3n) is 5.60. The van der Waals surface area contributed by atoms with Crippen LogP contribution in [0.4, 0.5) is 27.5 Å². The molecule has 0 spiro atoms. The van der Waals surface area contributed by atoms with Gasteiger partial charge >= 0.3 is 12.0 Å². The highest BCUT2D eigenvalue weighted by atomic mass is 16.5. The number of ether oxygens (including phenoxy) is 1. The maximum Gasteiger partial charge on any atom is 0.333 e. The normalized spacial score (nSPS) is 10.3. The van der Waals surface area contributed by atoms with Gasteiger partial charge in [-0.15, -0.1) is 0 Å². The van der Waals surface area contributed by atoms with Crippen LogP contribution in [-0.2, 0) is 9.53 Å². The van der Waals surface area contributed by atoms with E-state index in [4.69, 9.17) is 4.74 Å². The first kappa shape index (κ1) is 25.3. The summed E-state index contributed by atoms with van der Waals surface area (Å²) in [6, 6.07) is 36.2. The molecular weight excluding hydrogens is 462 g/mol. The topological polar surface area (TPSA) is 70.7 Å². The lowest BCUT2D eigenvalue weighted by Gasteiger charge is -2.25. The predicted molar refractivity (Wildman–Crippen MR) is 149 cm³/mol. The van der Waals surface area contributed by atoms with E-state index in [-0.39, 0.29) is 19.2 Å². The van der Waals surface area contributed by atoms with E-state index in [0.29, 0.717) is 11.3 Å². The molecule has 0 saturated heterocycles. The smallest absolute Gasteiger partial charge is 0.333 e. The fourth-order valence-electron chi connectivity index (χ4n) is 3.76. The first-order chi connectivity index (χ1) is 18.0. The van der Waals surface area contributed by atoms with Crippen molar-refractivity contribution in [1.82, 2.24) is 5.32 Å². The average Bonchev–Trinajstić information content (AvgIpc) is 2.93. The van der Waals surface area contributed by atoms with Gasteiger partial charge in [0, 0.05) is 28.3 Å². The first-order valence-electron chi connectivity index (χ1n) is 12.0. The average molecular weight is 492 g/mol. The maximum atomic E-state index is 12.1. The van der Waals surface area contributed by atoms with Crippen LogP contribution in [0.25, 0.3) is 11.1 Å². The van der Waals surface area contributed by atoms with Crippen LogP contribution in [0.1, 0.15) is 6.92 Å². The molecule has 0 saturated carbocycles. The summed E-state index contributed by atoms with van der Waals surface area (Å²) in [5, 5.41) is 5.43. The van der Waals surface area contributed by atoms with E-state index >= 15 is 0 Å². The summed E-state index contributed by atoms with van der Waals surface area (Å²) in [6.07, 6.45) is 0. The van der Waals surface area contributed by atoms with Crippen LogP contribution in [0.5, 0.6) is 0 Å². The van der Waals surface area contributed by atoms with E-state index < -0.39 is 5.97 Å². The first-order valence-corrected chi connectivity index (χ1v) is 12.0. The number of para-hydroxylation sites is 2. The molecule has 6 heteroatoms. The van der Waals surface area contributed by atoms with Crippen LogP contribution in [0, 0.1) is 0 Å². The summed E-state index contributed by atoms with van der Waals surface area (Å²) >= 11 is 0. The zero-order valence-electron chi connectivity index (χ0n) is 20.7. The molecule has 6 nitrogen and oxygen atoms in total. The van der Waals surface area contributed by atoms with Crippen LogP contribution in [0.15, 0.2) is 121 Å². The van der Waals surface area contributed by atoms with Gasteiger partial charge in [-0.05, 0) is 66.6 Å². The summed E-state index contributed by atoms with van der Waals surface area (Å²) in [4.78, 5) is 25.7. The van der Waals surface area contributed by atoms with Crippen LogP contribution in [-0.4, -0.2) is 25.2 Å². The molecule has 4 aromatic rings. The summed E-state index contributed by atoms with van der Waals surface area (Å²) in [6.45, 7) is 5.38. The van der Waals surface area contributed by atoms with Crippen molar-refractivity contribution in [2.45, 2.75) is 6.92 Å². The number of benzene rings is 4. The lowest BCUT2D eigenvalue weighted by atomic mass is 10.0. The Hall–Kier alpha value is -4.84. The summed E-state index contributed by atoms with van der Waals surface area (Å²) in [5.74, 6) is -0.473. The largest absolute Gasteiger partial charge is 0.460 e. The van der Waals surface area contributed by atoms with Crippen LogP contribution >= 0.6 is 0 Å². The standard InChI is InChI=1S/C31H29N3O3/c1-23(2)30(35)37-22-21-32-31(36)33-26-17-13-24(14-18-26)25-15-19-29(20-16-25)34(27-9-5-3-6-10-27)28-11-7-4-8-12-28/h3-20H,1,21-22H2,2H3,(H2,32,33,36). The minimum absolute atomic E-state index is 0.0834. The van der Waals surface area contributed by atoms with Gasteiger partial charge in [0.2, 0.25) is 0 Å². The Balaban J connectivity index is 1.39. The van der Waals surface area contributed by atoms with E-state index in [1.807, 2.05) is 60.7 Å². The molecular formula is C31H29N3O3. The van der Waals surface area contributed by atoms with Crippen molar-refractivity contribution < 1.29 is 14.3 Å². The number of nitrogens with zero attached hydrogens (tertiary/aromatic N) is 1. The minimum atomic E-state index is -0.473. The zero-order chi connectivity index (χ0) is 26.0. The van der Waals surface area contributed by atoms with Crippen LogP contribution in [0.3, 0.4) is 0 Å². The molecule has 4 rings (SSSR count). The van der Waals surface area contributed by atoms with Gasteiger partial charge in [0.15, 0.2) is 0 Å². The van der Waals surface area contributed by atoms with E-state index in [1.165, 1.54) is 0 Å². The fourth-order valence-corrected chi connectivity index (χ4v) is 3.76. The molecule has 0 bridgehead atoms. The molecule has 4 aromatic carbocycles. The van der Waals surface area contributed by atoms with Crippen molar-refractivity contribution in [2.75, 3.05) is 23.4 Å². The van der Waals surface area contributed by atoms with Crippen molar-refractivity contribution in [1.29, 1.82) is 0 Å². The molecule has 2 amide bonds. The molecule has 37 heavy (non-hydrogen) atoms. The van der Waals surface area contributed by atoms with Crippen molar-refractivity contribution >= 4 is 34.7 Å². The minimum Gasteiger partial charge on any atom is -0.460 e. The molecule has 0 aromatic heterocycles. The van der Waals surface area contributed by atoms with Crippen molar-refractivity contribution in [3.8, 4) is 11.1 Å². The van der Waals surface area contributed by atoms with Crippen LogP contribution < -0.4 is 15.5 Å². The molecule has 0 aliphatic carbocycles. The number of carbonyl (C=O) groups is 2. The van der Waals surface area contributed by atoms with E-state index in [2.05, 4.69) is 70.6 Å². The highest BCUT2D eigenvalue weighted by molar-refractivity contribution is 5.90. The Morgan fingerprint density at radius 3 is 1.73 bits per heavy atom. The maximum absolute atomic E-state index is 12.1. The third-order valence-corrected chi connectivity index (χ3v) is 5.60. The van der Waals surface area contributed by atoms with E-state index in [0.717, 1.165) is 28.2 Å². The summed E-state index contributed by atoms with van der Waals surface area (Å²) < 4.78 is 4.96. The lowest BCUT2D eigenvalue weighted by molar-refractivity contribution is -0.138. The number of carbonyl (C=O) groups excluding carboxylic acids is 2. The number of hydrogen-bond acceptors (Lipinski definition) is 4. The number of amides is 2. The highest BCUT2D eigenvalue weighted by Crippen LogP contribution is 2.35.